The Morgan fingerprint density at radius 3 is 3.05 bits per heavy atom. The minimum Gasteiger partial charge on any atom is -0.458 e. The second-order valence-electron chi connectivity index (χ2n) is 5.87. The molecule has 110 valence electrons. The van der Waals surface area contributed by atoms with Crippen LogP contribution in [0.25, 0.3) is 0 Å². The Labute approximate surface area is 123 Å². The monoisotopic (exact) mass is 295 g/mol. The number of carbonyl (C=O) groups is 1. The predicted octanol–water partition coefficient (Wildman–Crippen LogP) is 3.73. The van der Waals surface area contributed by atoms with Crippen molar-refractivity contribution in [1.29, 1.82) is 0 Å². The summed E-state index contributed by atoms with van der Waals surface area (Å²) in [6.07, 6.45) is 6.58. The summed E-state index contributed by atoms with van der Waals surface area (Å²) in [6.45, 7) is 3.02. The van der Waals surface area contributed by atoms with Crippen molar-refractivity contribution < 1.29 is 14.3 Å². The number of aromatic nitrogens is 1. The van der Waals surface area contributed by atoms with Crippen LogP contribution in [-0.4, -0.2) is 23.7 Å². The molecule has 3 rings (SSSR count). The third-order valence-electron chi connectivity index (χ3n) is 4.10. The highest BCUT2D eigenvalue weighted by Gasteiger charge is 2.26. The molecule has 2 aliphatic rings. The second-order valence-corrected chi connectivity index (χ2v) is 6.76. The Kier molecular flexibility index (Phi) is 4.36. The molecule has 1 saturated carbocycles. The minimum atomic E-state index is -0.274. The zero-order valence-electron chi connectivity index (χ0n) is 11.8. The molecule has 1 aliphatic carbocycles. The first-order valence-electron chi connectivity index (χ1n) is 7.50. The number of nitrogens with zero attached hydrogens (tertiary/aromatic N) is 1. The fourth-order valence-corrected chi connectivity index (χ4v) is 3.87. The van der Waals surface area contributed by atoms with E-state index in [1.807, 2.05) is 0 Å². The van der Waals surface area contributed by atoms with Gasteiger partial charge in [-0.2, -0.15) is 0 Å². The molecule has 0 unspecified atom stereocenters. The quantitative estimate of drug-likeness (QED) is 0.797. The van der Waals surface area contributed by atoms with Crippen molar-refractivity contribution in [3.63, 3.8) is 0 Å². The normalized spacial score (nSPS) is 30.4. The van der Waals surface area contributed by atoms with Gasteiger partial charge in [-0.25, -0.2) is 9.78 Å². The summed E-state index contributed by atoms with van der Waals surface area (Å²) in [4.78, 5) is 16.5. The summed E-state index contributed by atoms with van der Waals surface area (Å²) in [5.74, 6) is 0.379. The van der Waals surface area contributed by atoms with Crippen molar-refractivity contribution in [2.24, 2.45) is 5.92 Å². The van der Waals surface area contributed by atoms with E-state index in [0.29, 0.717) is 11.6 Å². The van der Waals surface area contributed by atoms with Gasteiger partial charge in [-0.1, -0.05) is 13.3 Å². The summed E-state index contributed by atoms with van der Waals surface area (Å²) in [7, 11) is 0. The SMILES string of the molecule is C[C@@H]1CCC[C@H](OC(=O)c2csc([C@@H]3CCCO3)n2)C1. The van der Waals surface area contributed by atoms with Crippen molar-refractivity contribution in [3.8, 4) is 0 Å². The lowest BCUT2D eigenvalue weighted by molar-refractivity contribution is 0.0149. The van der Waals surface area contributed by atoms with Gasteiger partial charge in [-0.15, -0.1) is 11.3 Å². The number of rotatable bonds is 3. The fraction of sp³-hybridized carbons (Fsp3) is 0.733. The van der Waals surface area contributed by atoms with Gasteiger partial charge in [0, 0.05) is 12.0 Å². The molecule has 0 radical (unpaired) electrons. The molecule has 0 N–H and O–H groups in total. The first-order chi connectivity index (χ1) is 9.72. The molecular weight excluding hydrogens is 274 g/mol. The van der Waals surface area contributed by atoms with Gasteiger partial charge < -0.3 is 9.47 Å². The smallest absolute Gasteiger partial charge is 0.358 e. The molecule has 2 heterocycles. The van der Waals surface area contributed by atoms with Gasteiger partial charge in [0.2, 0.25) is 0 Å². The first-order valence-corrected chi connectivity index (χ1v) is 8.38. The third-order valence-corrected chi connectivity index (χ3v) is 5.03. The highest BCUT2D eigenvalue weighted by Crippen LogP contribution is 2.31. The van der Waals surface area contributed by atoms with Crippen molar-refractivity contribution in [2.75, 3.05) is 6.61 Å². The van der Waals surface area contributed by atoms with E-state index in [9.17, 15) is 4.79 Å². The second kappa shape index (κ2) is 6.22. The van der Waals surface area contributed by atoms with Crippen LogP contribution in [0.4, 0.5) is 0 Å². The van der Waals surface area contributed by atoms with Gasteiger partial charge >= 0.3 is 5.97 Å². The first kappa shape index (κ1) is 14.0. The standard InChI is InChI=1S/C15H21NO3S/c1-10-4-2-5-11(8-10)19-15(17)12-9-20-14(16-12)13-6-3-7-18-13/h9-11,13H,2-8H2,1H3/t10-,11+,13+/m1/s1. The van der Waals surface area contributed by atoms with Crippen LogP contribution >= 0.6 is 11.3 Å². The van der Waals surface area contributed by atoms with Crippen LogP contribution in [0.1, 0.15) is 67.0 Å². The van der Waals surface area contributed by atoms with Crippen molar-refractivity contribution >= 4 is 17.3 Å². The van der Waals surface area contributed by atoms with Crippen LogP contribution in [0, 0.1) is 5.92 Å². The molecule has 0 bridgehead atoms. The maximum absolute atomic E-state index is 12.1. The number of hydrogen-bond acceptors (Lipinski definition) is 5. The number of ether oxygens (including phenoxy) is 2. The Balaban J connectivity index is 1.59. The van der Waals surface area contributed by atoms with Gasteiger partial charge in [0.15, 0.2) is 5.69 Å². The number of thiazole rings is 1. The lowest BCUT2D eigenvalue weighted by atomic mass is 9.89. The summed E-state index contributed by atoms with van der Waals surface area (Å²) in [6, 6.07) is 0. The molecule has 0 spiro atoms. The predicted molar refractivity (Wildman–Crippen MR) is 76.9 cm³/mol. The van der Waals surface area contributed by atoms with E-state index in [1.54, 1.807) is 5.38 Å². The summed E-state index contributed by atoms with van der Waals surface area (Å²) >= 11 is 1.50. The zero-order chi connectivity index (χ0) is 13.9. The molecule has 0 amide bonds. The average Bonchev–Trinajstić information content (AvgIpc) is 3.10. The molecule has 4 nitrogen and oxygen atoms in total. The Morgan fingerprint density at radius 1 is 1.40 bits per heavy atom. The Morgan fingerprint density at radius 2 is 2.30 bits per heavy atom. The molecule has 3 atom stereocenters. The topological polar surface area (TPSA) is 48.4 Å². The average molecular weight is 295 g/mol. The molecule has 0 aromatic carbocycles. The van der Waals surface area contributed by atoms with E-state index < -0.39 is 0 Å². The van der Waals surface area contributed by atoms with Gasteiger partial charge in [-0.05, 0) is 38.0 Å². The minimum absolute atomic E-state index is 0.0686. The van der Waals surface area contributed by atoms with Crippen LogP contribution in [0.5, 0.6) is 0 Å². The van der Waals surface area contributed by atoms with Crippen LogP contribution in [-0.2, 0) is 9.47 Å². The van der Waals surface area contributed by atoms with Crippen LogP contribution < -0.4 is 0 Å². The number of carbonyl (C=O) groups excluding carboxylic acids is 1. The van der Waals surface area contributed by atoms with E-state index in [2.05, 4.69) is 11.9 Å². The number of esters is 1. The highest BCUT2D eigenvalue weighted by molar-refractivity contribution is 7.09. The highest BCUT2D eigenvalue weighted by atomic mass is 32.1. The fourth-order valence-electron chi connectivity index (χ4n) is 3.00. The van der Waals surface area contributed by atoms with E-state index in [-0.39, 0.29) is 18.2 Å². The van der Waals surface area contributed by atoms with Gasteiger partial charge in [0.1, 0.15) is 17.2 Å². The maximum Gasteiger partial charge on any atom is 0.358 e. The summed E-state index contributed by atoms with van der Waals surface area (Å²) < 4.78 is 11.2. The van der Waals surface area contributed by atoms with Gasteiger partial charge in [-0.3, -0.25) is 0 Å². The van der Waals surface area contributed by atoms with Crippen molar-refractivity contribution in [1.82, 2.24) is 4.98 Å². The van der Waals surface area contributed by atoms with Crippen LogP contribution in [0.3, 0.4) is 0 Å². The Hall–Kier alpha value is -0.940. The molecule has 1 aromatic rings. The van der Waals surface area contributed by atoms with E-state index >= 15 is 0 Å². The maximum atomic E-state index is 12.1. The number of hydrogen-bond donors (Lipinski definition) is 0. The van der Waals surface area contributed by atoms with Crippen molar-refractivity contribution in [2.45, 2.75) is 57.7 Å². The van der Waals surface area contributed by atoms with Crippen LogP contribution in [0.15, 0.2) is 5.38 Å². The molecule has 1 saturated heterocycles. The zero-order valence-corrected chi connectivity index (χ0v) is 12.7. The third kappa shape index (κ3) is 3.20. The molecule has 2 fully saturated rings. The van der Waals surface area contributed by atoms with E-state index in [0.717, 1.165) is 43.7 Å². The lowest BCUT2D eigenvalue weighted by Gasteiger charge is -2.26. The van der Waals surface area contributed by atoms with Crippen molar-refractivity contribution in [3.05, 3.63) is 16.1 Å². The summed E-state index contributed by atoms with van der Waals surface area (Å²) in [5.41, 5.74) is 0.443. The van der Waals surface area contributed by atoms with E-state index in [1.165, 1.54) is 17.8 Å². The molecule has 1 aromatic heterocycles. The summed E-state index contributed by atoms with van der Waals surface area (Å²) in [5, 5.41) is 2.71. The molecule has 1 aliphatic heterocycles. The Bertz CT molecular complexity index is 467. The van der Waals surface area contributed by atoms with Gasteiger partial charge in [0.05, 0.1) is 0 Å². The van der Waals surface area contributed by atoms with E-state index in [4.69, 9.17) is 9.47 Å². The lowest BCUT2D eigenvalue weighted by Crippen LogP contribution is -2.24. The largest absolute Gasteiger partial charge is 0.458 e. The molecule has 5 heteroatoms. The molecular formula is C15H21NO3S. The van der Waals surface area contributed by atoms with Gasteiger partial charge in [0.25, 0.3) is 0 Å². The van der Waals surface area contributed by atoms with Crippen LogP contribution in [0.2, 0.25) is 0 Å². The molecule has 20 heavy (non-hydrogen) atoms.